The molecule has 3 aromatic rings. The number of ether oxygens (including phenoxy) is 4. The number of anilines is 1. The molecule has 2 aromatic carbocycles. The molecule has 5 aliphatic rings. The Balaban J connectivity index is 1.10. The van der Waals surface area contributed by atoms with Crippen molar-refractivity contribution >= 4 is 27.6 Å². The van der Waals surface area contributed by atoms with Crippen molar-refractivity contribution in [3.05, 3.63) is 71.4 Å². The van der Waals surface area contributed by atoms with Crippen LogP contribution in [0.2, 0.25) is 0 Å². The molecule has 0 unspecified atom stereocenters. The normalized spacial score (nSPS) is 22.3. The van der Waals surface area contributed by atoms with Crippen molar-refractivity contribution in [1.29, 1.82) is 5.26 Å². The van der Waals surface area contributed by atoms with Crippen LogP contribution in [0.3, 0.4) is 0 Å². The molecular weight excluding hydrogens is 715 g/mol. The van der Waals surface area contributed by atoms with Crippen molar-refractivity contribution in [2.24, 2.45) is 0 Å². The van der Waals surface area contributed by atoms with Crippen LogP contribution in [0, 0.1) is 11.3 Å². The second kappa shape index (κ2) is 14.0. The van der Waals surface area contributed by atoms with Gasteiger partial charge in [-0.1, -0.05) is 0 Å². The Morgan fingerprint density at radius 1 is 0.963 bits per heavy atom. The van der Waals surface area contributed by atoms with Gasteiger partial charge in [0.25, 0.3) is 15.9 Å². The minimum atomic E-state index is -4.70. The second-order valence-corrected chi connectivity index (χ2v) is 16.1. The fourth-order valence-electron chi connectivity index (χ4n) is 8.38. The number of fused-ring (bicyclic) bond motifs is 1. The van der Waals surface area contributed by atoms with Gasteiger partial charge in [0, 0.05) is 62.1 Å². The van der Waals surface area contributed by atoms with E-state index < -0.39 is 27.5 Å². The van der Waals surface area contributed by atoms with Gasteiger partial charge in [-0.05, 0) is 68.1 Å². The highest BCUT2D eigenvalue weighted by Gasteiger charge is 2.59. The largest absolute Gasteiger partial charge is 0.497 e. The standard InChI is InChI=1S/C38H43N7O8S/c1-50-29-9-11-34(33(18-29)51-2)54(48,49)45-32-10-6-24(19-39)17-31(32)38(36(45)46,30-5-4-14-40-35(30)52-3)41-37(47)43-20-27(21-43)42-15-12-26(13-16-42)44(25-7-8-25)28-22-53-23-28/h4-6,9-11,14,17-18,25-28H,7-8,12-13,15-16,20-23H2,1-3H3,(H,41,47)/t38-/m1/s1. The molecule has 1 aliphatic carbocycles. The minimum Gasteiger partial charge on any atom is -0.497 e. The highest BCUT2D eigenvalue weighted by Crippen LogP contribution is 2.50. The third-order valence-corrected chi connectivity index (χ3v) is 13.1. The highest BCUT2D eigenvalue weighted by molar-refractivity contribution is 7.93. The van der Waals surface area contributed by atoms with E-state index in [1.54, 1.807) is 17.0 Å². The van der Waals surface area contributed by atoms with E-state index in [1.807, 2.05) is 0 Å². The van der Waals surface area contributed by atoms with Crippen molar-refractivity contribution in [3.63, 3.8) is 0 Å². The number of pyridine rings is 1. The van der Waals surface area contributed by atoms with Crippen molar-refractivity contribution in [3.8, 4) is 23.4 Å². The molecule has 1 atom stereocenters. The number of nitrogens with one attached hydrogen (secondary N) is 1. The molecule has 1 N–H and O–H groups in total. The first-order valence-corrected chi connectivity index (χ1v) is 19.6. The van der Waals surface area contributed by atoms with E-state index in [0.29, 0.717) is 41.3 Å². The van der Waals surface area contributed by atoms with Crippen molar-refractivity contribution in [1.82, 2.24) is 25.0 Å². The Kier molecular flexibility index (Phi) is 9.37. The van der Waals surface area contributed by atoms with Crippen LogP contribution in [-0.2, 0) is 25.1 Å². The zero-order chi connectivity index (χ0) is 37.8. The van der Waals surface area contributed by atoms with Gasteiger partial charge in [-0.3, -0.25) is 14.6 Å². The van der Waals surface area contributed by atoms with Gasteiger partial charge in [-0.15, -0.1) is 0 Å². The highest BCUT2D eigenvalue weighted by atomic mass is 32.2. The Labute approximate surface area is 314 Å². The van der Waals surface area contributed by atoms with Crippen LogP contribution in [0.5, 0.6) is 17.4 Å². The fraction of sp³-hybridized carbons (Fsp3) is 0.474. The first kappa shape index (κ1) is 36.0. The Bertz CT molecular complexity index is 2110. The number of hydrogen-bond acceptors (Lipinski definition) is 12. The topological polar surface area (TPSA) is 167 Å². The van der Waals surface area contributed by atoms with Crippen LogP contribution < -0.4 is 23.8 Å². The predicted molar refractivity (Wildman–Crippen MR) is 195 cm³/mol. The number of amides is 3. The zero-order valence-corrected chi connectivity index (χ0v) is 31.3. The summed E-state index contributed by atoms with van der Waals surface area (Å²) in [4.78, 5) is 40.3. The first-order valence-electron chi connectivity index (χ1n) is 18.2. The zero-order valence-electron chi connectivity index (χ0n) is 30.4. The summed E-state index contributed by atoms with van der Waals surface area (Å²) in [6, 6.07) is 14.9. The lowest BCUT2D eigenvalue weighted by molar-refractivity contribution is -0.121. The maximum absolute atomic E-state index is 15.1. The summed E-state index contributed by atoms with van der Waals surface area (Å²) < 4.78 is 51.7. The lowest BCUT2D eigenvalue weighted by Gasteiger charge is -2.50. The number of carbonyl (C=O) groups is 2. The SMILES string of the molecule is COc1ccc(S(=O)(=O)N2C(=O)[C@@](NC(=O)N3CC(N4CCC(N(C5CC5)C5COC5)CC4)C3)(c3cccnc3OC)c3cc(C#N)ccc32)c(OC)c1. The van der Waals surface area contributed by atoms with Crippen LogP contribution in [0.15, 0.2) is 59.6 Å². The van der Waals surface area contributed by atoms with Crippen molar-refractivity contribution in [2.45, 2.75) is 60.3 Å². The average molecular weight is 758 g/mol. The van der Waals surface area contributed by atoms with E-state index in [9.17, 15) is 18.5 Å². The second-order valence-electron chi connectivity index (χ2n) is 14.4. The number of aromatic nitrogens is 1. The van der Waals surface area contributed by atoms with E-state index in [4.69, 9.17) is 18.9 Å². The van der Waals surface area contributed by atoms with Gasteiger partial charge in [-0.25, -0.2) is 18.2 Å². The molecule has 0 spiro atoms. The first-order chi connectivity index (χ1) is 26.1. The molecule has 4 aliphatic heterocycles. The molecule has 1 aromatic heterocycles. The van der Waals surface area contributed by atoms with Gasteiger partial charge in [-0.2, -0.15) is 9.57 Å². The molecule has 15 nitrogen and oxygen atoms in total. The monoisotopic (exact) mass is 757 g/mol. The van der Waals surface area contributed by atoms with Crippen LogP contribution in [0.4, 0.5) is 10.5 Å². The number of hydrogen-bond donors (Lipinski definition) is 1. The number of rotatable bonds is 11. The molecule has 4 fully saturated rings. The van der Waals surface area contributed by atoms with E-state index in [2.05, 4.69) is 26.2 Å². The molecule has 1 saturated carbocycles. The number of piperidine rings is 1. The smallest absolute Gasteiger partial charge is 0.318 e. The maximum Gasteiger partial charge on any atom is 0.318 e. The molecule has 0 radical (unpaired) electrons. The van der Waals surface area contributed by atoms with E-state index in [1.165, 1.54) is 76.8 Å². The molecule has 8 rings (SSSR count). The number of benzene rings is 2. The summed E-state index contributed by atoms with van der Waals surface area (Å²) in [5.74, 6) is -0.702. The summed E-state index contributed by atoms with van der Waals surface area (Å²) in [7, 11) is -0.575. The number of nitriles is 1. The molecular formula is C38H43N7O8S. The van der Waals surface area contributed by atoms with Gasteiger partial charge < -0.3 is 29.2 Å². The molecule has 16 heteroatoms. The third kappa shape index (κ3) is 5.90. The minimum absolute atomic E-state index is 0.00111. The lowest BCUT2D eigenvalue weighted by Crippen LogP contribution is -2.67. The van der Waals surface area contributed by atoms with Crippen LogP contribution in [0.25, 0.3) is 0 Å². The number of carbonyl (C=O) groups excluding carboxylic acids is 2. The maximum atomic E-state index is 15.1. The molecule has 284 valence electrons. The average Bonchev–Trinajstić information content (AvgIpc) is 3.96. The van der Waals surface area contributed by atoms with E-state index >= 15 is 4.79 Å². The van der Waals surface area contributed by atoms with Gasteiger partial charge in [0.1, 0.15) is 16.4 Å². The molecule has 3 amide bonds. The molecule has 0 bridgehead atoms. The van der Waals surface area contributed by atoms with Crippen LogP contribution >= 0.6 is 0 Å². The van der Waals surface area contributed by atoms with Gasteiger partial charge in [0.15, 0.2) is 5.54 Å². The fourth-order valence-corrected chi connectivity index (χ4v) is 9.98. The summed E-state index contributed by atoms with van der Waals surface area (Å²) in [6.45, 7) is 4.37. The number of nitrogens with zero attached hydrogens (tertiary/aromatic N) is 6. The van der Waals surface area contributed by atoms with Crippen LogP contribution in [0.1, 0.15) is 42.4 Å². The summed E-state index contributed by atoms with van der Waals surface area (Å²) >= 11 is 0. The summed E-state index contributed by atoms with van der Waals surface area (Å²) in [5.41, 5.74) is -1.84. The molecule has 3 saturated heterocycles. The quantitative estimate of drug-likeness (QED) is 0.305. The van der Waals surface area contributed by atoms with Gasteiger partial charge in [0.2, 0.25) is 5.88 Å². The Morgan fingerprint density at radius 2 is 1.70 bits per heavy atom. The number of urea groups is 1. The van der Waals surface area contributed by atoms with Crippen molar-refractivity contribution in [2.75, 3.05) is 65.0 Å². The van der Waals surface area contributed by atoms with Crippen LogP contribution in [-0.4, -0.2) is 125 Å². The predicted octanol–water partition coefficient (Wildman–Crippen LogP) is 2.68. The van der Waals surface area contributed by atoms with Gasteiger partial charge >= 0.3 is 6.03 Å². The summed E-state index contributed by atoms with van der Waals surface area (Å²) in [5, 5.41) is 12.9. The molecule has 5 heterocycles. The Morgan fingerprint density at radius 3 is 2.33 bits per heavy atom. The third-order valence-electron chi connectivity index (χ3n) is 11.4. The van der Waals surface area contributed by atoms with Crippen molar-refractivity contribution < 1.29 is 37.0 Å². The van der Waals surface area contributed by atoms with E-state index in [0.717, 1.165) is 39.1 Å². The summed E-state index contributed by atoms with van der Waals surface area (Å²) in [6.07, 6.45) is 6.12. The lowest BCUT2D eigenvalue weighted by atomic mass is 9.83. The number of likely N-dealkylation sites (tertiary alicyclic amines) is 2. The number of methoxy groups -OCH3 is 3. The van der Waals surface area contributed by atoms with E-state index in [-0.39, 0.29) is 44.9 Å². The Hall–Kier alpha value is -4.95. The number of sulfonamides is 1. The molecule has 54 heavy (non-hydrogen) atoms. The van der Waals surface area contributed by atoms with Gasteiger partial charge in [0.05, 0.1) is 63.5 Å².